The van der Waals surface area contributed by atoms with Crippen molar-refractivity contribution in [2.24, 2.45) is 0 Å². The second-order valence-corrected chi connectivity index (χ2v) is 6.06. The number of nitrogens with zero attached hydrogens (tertiary/aromatic N) is 2. The summed E-state index contributed by atoms with van der Waals surface area (Å²) in [5.41, 5.74) is 0.648. The molecule has 90 valence electrons. The number of benzene rings is 1. The first-order valence-electron chi connectivity index (χ1n) is 4.62. The average Bonchev–Trinajstić information content (AvgIpc) is 2.77. The lowest BCUT2D eigenvalue weighted by Gasteiger charge is -2.08. The third-order valence-corrected chi connectivity index (χ3v) is 4.75. The number of halogens is 2. The minimum absolute atomic E-state index is 0.0130. The molecule has 0 radical (unpaired) electrons. The van der Waals surface area contributed by atoms with Gasteiger partial charge in [-0.3, -0.25) is 0 Å². The molecule has 1 aromatic heterocycles. The summed E-state index contributed by atoms with van der Waals surface area (Å²) in [6, 6.07) is 2.86. The van der Waals surface area contributed by atoms with Crippen LogP contribution in [0.25, 0.3) is 0 Å². The highest BCUT2D eigenvalue weighted by molar-refractivity contribution is 7.90. The Bertz CT molecular complexity index is 651. The summed E-state index contributed by atoms with van der Waals surface area (Å²) in [4.78, 5) is 3.71. The summed E-state index contributed by atoms with van der Waals surface area (Å²) in [7, 11) is -3.70. The molecule has 0 unspecified atom stereocenters. The Balaban J connectivity index is 2.67. The van der Waals surface area contributed by atoms with Gasteiger partial charge >= 0.3 is 0 Å². The molecule has 0 bridgehead atoms. The summed E-state index contributed by atoms with van der Waals surface area (Å²) in [5, 5.41) is 0.522. The van der Waals surface area contributed by atoms with Gasteiger partial charge in [0, 0.05) is 17.4 Å². The van der Waals surface area contributed by atoms with Crippen molar-refractivity contribution in [1.82, 2.24) is 8.96 Å². The number of hydrogen-bond donors (Lipinski definition) is 0. The molecule has 2 aromatic rings. The maximum absolute atomic E-state index is 12.2. The Labute approximate surface area is 109 Å². The van der Waals surface area contributed by atoms with E-state index in [2.05, 4.69) is 4.98 Å². The highest BCUT2D eigenvalue weighted by atomic mass is 35.5. The van der Waals surface area contributed by atoms with E-state index in [0.717, 1.165) is 3.97 Å². The maximum Gasteiger partial charge on any atom is 0.270 e. The number of imidazole rings is 1. The molecule has 4 nitrogen and oxygen atoms in total. The zero-order chi connectivity index (χ0) is 12.6. The van der Waals surface area contributed by atoms with Crippen molar-refractivity contribution in [2.75, 3.05) is 0 Å². The van der Waals surface area contributed by atoms with Crippen LogP contribution in [0.2, 0.25) is 10.0 Å². The smallest absolute Gasteiger partial charge is 0.244 e. The fraction of sp³-hybridized carbons (Fsp3) is 0.100. The minimum atomic E-state index is -3.70. The van der Waals surface area contributed by atoms with Gasteiger partial charge in [0.15, 0.2) is 0 Å². The van der Waals surface area contributed by atoms with Crippen LogP contribution >= 0.6 is 23.2 Å². The molecule has 0 amide bonds. The lowest BCUT2D eigenvalue weighted by atomic mass is 10.2. The van der Waals surface area contributed by atoms with Crippen molar-refractivity contribution < 1.29 is 8.42 Å². The largest absolute Gasteiger partial charge is 0.270 e. The van der Waals surface area contributed by atoms with Crippen LogP contribution in [-0.4, -0.2) is 17.4 Å². The van der Waals surface area contributed by atoms with E-state index < -0.39 is 10.0 Å². The Kier molecular flexibility index (Phi) is 3.16. The van der Waals surface area contributed by atoms with E-state index in [-0.39, 0.29) is 9.92 Å². The van der Waals surface area contributed by atoms with Crippen molar-refractivity contribution in [3.05, 3.63) is 46.5 Å². The number of rotatable bonds is 2. The van der Waals surface area contributed by atoms with Gasteiger partial charge in [-0.1, -0.05) is 23.2 Å². The molecule has 2 rings (SSSR count). The predicted octanol–water partition coefficient (Wildman–Crippen LogP) is 2.74. The first-order chi connectivity index (χ1) is 7.93. The summed E-state index contributed by atoms with van der Waals surface area (Å²) in [6.45, 7) is 1.71. The van der Waals surface area contributed by atoms with E-state index in [9.17, 15) is 8.42 Å². The van der Waals surface area contributed by atoms with Crippen LogP contribution in [0.5, 0.6) is 0 Å². The first kappa shape index (κ1) is 12.4. The van der Waals surface area contributed by atoms with Crippen molar-refractivity contribution in [3.8, 4) is 0 Å². The number of aromatic nitrogens is 2. The monoisotopic (exact) mass is 290 g/mol. The molecule has 0 N–H and O–H groups in total. The summed E-state index contributed by atoms with van der Waals surface area (Å²) in [5.74, 6) is 0. The SMILES string of the molecule is Cc1cc(S(=O)(=O)n2ccnc2)c(Cl)cc1Cl. The second-order valence-electron chi connectivity index (χ2n) is 3.43. The van der Waals surface area contributed by atoms with Crippen LogP contribution in [-0.2, 0) is 10.0 Å². The molecule has 0 saturated heterocycles. The van der Waals surface area contributed by atoms with E-state index in [0.29, 0.717) is 10.6 Å². The fourth-order valence-electron chi connectivity index (χ4n) is 1.33. The topological polar surface area (TPSA) is 52.0 Å². The third kappa shape index (κ3) is 2.18. The lowest BCUT2D eigenvalue weighted by molar-refractivity contribution is 0.587. The highest BCUT2D eigenvalue weighted by Crippen LogP contribution is 2.29. The van der Waals surface area contributed by atoms with Crippen molar-refractivity contribution >= 4 is 33.2 Å². The normalized spacial score (nSPS) is 11.7. The Hall–Kier alpha value is -1.04. The molecule has 0 fully saturated rings. The van der Waals surface area contributed by atoms with Crippen LogP contribution in [0, 0.1) is 6.92 Å². The molecule has 0 saturated carbocycles. The molecule has 0 aliphatic rings. The maximum atomic E-state index is 12.2. The van der Waals surface area contributed by atoms with E-state index >= 15 is 0 Å². The van der Waals surface area contributed by atoms with Crippen LogP contribution in [0.1, 0.15) is 5.56 Å². The standard InChI is InChI=1S/C10H8Cl2N2O2S/c1-7-4-10(9(12)5-8(7)11)17(15,16)14-3-2-13-6-14/h2-6H,1H3. The molecule has 7 heteroatoms. The quantitative estimate of drug-likeness (QED) is 0.855. The summed E-state index contributed by atoms with van der Waals surface area (Å²) in [6.07, 6.45) is 3.93. The Morgan fingerprint density at radius 1 is 1.24 bits per heavy atom. The zero-order valence-electron chi connectivity index (χ0n) is 8.76. The molecule has 1 aromatic carbocycles. The van der Waals surface area contributed by atoms with Crippen molar-refractivity contribution in [2.45, 2.75) is 11.8 Å². The Morgan fingerprint density at radius 2 is 1.94 bits per heavy atom. The predicted molar refractivity (Wildman–Crippen MR) is 66.0 cm³/mol. The number of aryl methyl sites for hydroxylation is 1. The molecule has 17 heavy (non-hydrogen) atoms. The van der Waals surface area contributed by atoms with E-state index in [1.807, 2.05) is 0 Å². The van der Waals surface area contributed by atoms with E-state index in [1.165, 1.54) is 30.9 Å². The molecule has 1 heterocycles. The van der Waals surface area contributed by atoms with Crippen LogP contribution in [0.15, 0.2) is 35.7 Å². The van der Waals surface area contributed by atoms with Gasteiger partial charge in [-0.2, -0.15) is 0 Å². The van der Waals surface area contributed by atoms with E-state index in [1.54, 1.807) is 6.92 Å². The van der Waals surface area contributed by atoms with Gasteiger partial charge in [-0.15, -0.1) is 0 Å². The molecular weight excluding hydrogens is 283 g/mol. The van der Waals surface area contributed by atoms with Gasteiger partial charge in [0.2, 0.25) is 0 Å². The summed E-state index contributed by atoms with van der Waals surface area (Å²) >= 11 is 11.8. The minimum Gasteiger partial charge on any atom is -0.244 e. The zero-order valence-corrected chi connectivity index (χ0v) is 11.1. The third-order valence-electron chi connectivity index (χ3n) is 2.25. The summed E-state index contributed by atoms with van der Waals surface area (Å²) < 4.78 is 25.4. The van der Waals surface area contributed by atoms with Crippen molar-refractivity contribution in [1.29, 1.82) is 0 Å². The Morgan fingerprint density at radius 3 is 2.53 bits per heavy atom. The number of hydrogen-bond acceptors (Lipinski definition) is 3. The van der Waals surface area contributed by atoms with Crippen molar-refractivity contribution in [3.63, 3.8) is 0 Å². The van der Waals surface area contributed by atoms with Gasteiger partial charge in [0.05, 0.1) is 5.02 Å². The van der Waals surface area contributed by atoms with Crippen LogP contribution in [0.4, 0.5) is 0 Å². The van der Waals surface area contributed by atoms with E-state index in [4.69, 9.17) is 23.2 Å². The highest BCUT2D eigenvalue weighted by Gasteiger charge is 2.20. The van der Waals surface area contributed by atoms with Gasteiger partial charge in [-0.25, -0.2) is 17.4 Å². The average molecular weight is 291 g/mol. The first-order valence-corrected chi connectivity index (χ1v) is 6.81. The van der Waals surface area contributed by atoms with Crippen LogP contribution in [0.3, 0.4) is 0 Å². The van der Waals surface area contributed by atoms with Gasteiger partial charge in [0.1, 0.15) is 11.2 Å². The molecule has 0 aliphatic carbocycles. The molecule has 0 atom stereocenters. The second kappa shape index (κ2) is 4.33. The van der Waals surface area contributed by atoms with Gasteiger partial charge in [-0.05, 0) is 24.6 Å². The van der Waals surface area contributed by atoms with Crippen LogP contribution < -0.4 is 0 Å². The molecular formula is C10H8Cl2N2O2S. The van der Waals surface area contributed by atoms with Gasteiger partial charge < -0.3 is 0 Å². The fourth-order valence-corrected chi connectivity index (χ4v) is 3.26. The lowest BCUT2D eigenvalue weighted by Crippen LogP contribution is -2.11. The molecule has 0 spiro atoms. The van der Waals surface area contributed by atoms with Gasteiger partial charge in [0.25, 0.3) is 10.0 Å². The molecule has 0 aliphatic heterocycles.